The van der Waals surface area contributed by atoms with E-state index in [2.05, 4.69) is 15.4 Å². The molecule has 9 nitrogen and oxygen atoms in total. The molecule has 1 aliphatic heterocycles. The molecule has 32 heavy (non-hydrogen) atoms. The van der Waals surface area contributed by atoms with Crippen molar-refractivity contribution in [2.45, 2.75) is 18.8 Å². The number of carbonyl (C=O) groups excluding carboxylic acids is 2. The molecule has 4 rings (SSSR count). The van der Waals surface area contributed by atoms with Gasteiger partial charge in [0.05, 0.1) is 42.9 Å². The van der Waals surface area contributed by atoms with Crippen LogP contribution >= 0.6 is 0 Å². The number of fused-ring (bicyclic) bond motifs is 2. The van der Waals surface area contributed by atoms with E-state index >= 15 is 0 Å². The van der Waals surface area contributed by atoms with Gasteiger partial charge in [0.25, 0.3) is 0 Å². The first-order valence-electron chi connectivity index (χ1n) is 9.50. The number of amides is 2. The van der Waals surface area contributed by atoms with E-state index in [9.17, 15) is 22.8 Å². The van der Waals surface area contributed by atoms with E-state index in [4.69, 9.17) is 10.5 Å². The highest BCUT2D eigenvalue weighted by atomic mass is 19.4. The number of nitrogens with two attached hydrogens (primary N) is 1. The second-order valence-electron chi connectivity index (χ2n) is 7.40. The number of hydrogen-bond donors (Lipinski definition) is 2. The average Bonchev–Trinajstić information content (AvgIpc) is 3.15. The molecule has 168 valence electrons. The van der Waals surface area contributed by atoms with Crippen molar-refractivity contribution in [3.8, 4) is 0 Å². The SMILES string of the molecule is CN(C(=O)C(=O)Nc1cnc(N)c2c1cnn2C)[C@@H]1COCc2cc(C(F)(F)F)ccc21. The highest BCUT2D eigenvalue weighted by Crippen LogP contribution is 2.35. The standard InChI is InChI=1S/C20H19F3N6O3/c1-28(15-9-32-8-10-5-11(20(21,22)23)3-4-12(10)15)19(31)18(30)27-14-7-25-17(24)16-13(14)6-26-29(16)2/h3-7,15H,8-9H2,1-2H3,(H2,24,25)(H,27,30)/t15-/m1/s1. The zero-order valence-electron chi connectivity index (χ0n) is 17.1. The lowest BCUT2D eigenvalue weighted by Crippen LogP contribution is -2.42. The van der Waals surface area contributed by atoms with Gasteiger partial charge in [-0.15, -0.1) is 0 Å². The lowest BCUT2D eigenvalue weighted by Gasteiger charge is -2.33. The number of aromatic nitrogens is 3. The number of alkyl halides is 3. The molecule has 1 aromatic carbocycles. The molecule has 0 unspecified atom stereocenters. The number of likely N-dealkylation sites (N-methyl/N-ethyl adjacent to an activating group) is 1. The number of nitrogens with zero attached hydrogens (tertiary/aromatic N) is 4. The number of hydrogen-bond acceptors (Lipinski definition) is 6. The number of nitrogen functional groups attached to an aromatic ring is 1. The Morgan fingerprint density at radius 2 is 2.06 bits per heavy atom. The van der Waals surface area contributed by atoms with Gasteiger partial charge in [0, 0.05) is 19.5 Å². The van der Waals surface area contributed by atoms with Gasteiger partial charge in [-0.2, -0.15) is 18.3 Å². The molecule has 0 saturated heterocycles. The number of benzene rings is 1. The van der Waals surface area contributed by atoms with Gasteiger partial charge < -0.3 is 20.7 Å². The molecule has 3 aromatic rings. The Balaban J connectivity index is 1.56. The van der Waals surface area contributed by atoms with Gasteiger partial charge in [-0.05, 0) is 23.3 Å². The molecule has 0 bridgehead atoms. The Hall–Kier alpha value is -3.67. The fourth-order valence-corrected chi connectivity index (χ4v) is 3.70. The van der Waals surface area contributed by atoms with Crippen LogP contribution in [0.3, 0.4) is 0 Å². The summed E-state index contributed by atoms with van der Waals surface area (Å²) < 4.78 is 45.9. The minimum absolute atomic E-state index is 0.0138. The lowest BCUT2D eigenvalue weighted by atomic mass is 9.95. The third-order valence-corrected chi connectivity index (χ3v) is 5.40. The summed E-state index contributed by atoms with van der Waals surface area (Å²) in [6.45, 7) is 0.0320. The number of carbonyl (C=O) groups is 2. The Bertz CT molecular complexity index is 1220. The van der Waals surface area contributed by atoms with Crippen molar-refractivity contribution in [2.24, 2.45) is 7.05 Å². The van der Waals surface area contributed by atoms with Crippen molar-refractivity contribution >= 4 is 34.2 Å². The van der Waals surface area contributed by atoms with Crippen LogP contribution in [0.5, 0.6) is 0 Å². The van der Waals surface area contributed by atoms with Gasteiger partial charge in [-0.1, -0.05) is 6.07 Å². The van der Waals surface area contributed by atoms with E-state index in [1.54, 1.807) is 7.05 Å². The second-order valence-corrected chi connectivity index (χ2v) is 7.40. The summed E-state index contributed by atoms with van der Waals surface area (Å²) in [5, 5.41) is 7.10. The fourth-order valence-electron chi connectivity index (χ4n) is 3.70. The van der Waals surface area contributed by atoms with Gasteiger partial charge in [0.2, 0.25) is 0 Å². The summed E-state index contributed by atoms with van der Waals surface area (Å²) in [4.78, 5) is 30.6. The molecule has 2 aromatic heterocycles. The molecule has 1 atom stereocenters. The maximum absolute atomic E-state index is 13.0. The van der Waals surface area contributed by atoms with Crippen molar-refractivity contribution < 1.29 is 27.5 Å². The predicted molar refractivity (Wildman–Crippen MR) is 108 cm³/mol. The van der Waals surface area contributed by atoms with Crippen LogP contribution in [0.25, 0.3) is 10.9 Å². The predicted octanol–water partition coefficient (Wildman–Crippen LogP) is 2.24. The van der Waals surface area contributed by atoms with E-state index in [0.29, 0.717) is 22.0 Å². The number of nitrogens with one attached hydrogen (secondary N) is 1. The Kier molecular flexibility index (Phi) is 5.25. The highest BCUT2D eigenvalue weighted by Gasteiger charge is 2.35. The number of pyridine rings is 1. The third kappa shape index (κ3) is 3.73. The van der Waals surface area contributed by atoms with E-state index < -0.39 is 29.6 Å². The van der Waals surface area contributed by atoms with Crippen LogP contribution < -0.4 is 11.1 Å². The minimum atomic E-state index is -4.49. The molecule has 2 amide bonds. The third-order valence-electron chi connectivity index (χ3n) is 5.40. The summed E-state index contributed by atoms with van der Waals surface area (Å²) >= 11 is 0. The van der Waals surface area contributed by atoms with Crippen LogP contribution in [0.2, 0.25) is 0 Å². The number of rotatable bonds is 2. The summed E-state index contributed by atoms with van der Waals surface area (Å²) in [5.74, 6) is -1.61. The zero-order chi connectivity index (χ0) is 23.2. The largest absolute Gasteiger partial charge is 0.416 e. The fraction of sp³-hybridized carbons (Fsp3) is 0.300. The first-order chi connectivity index (χ1) is 15.1. The van der Waals surface area contributed by atoms with E-state index in [1.165, 1.54) is 30.2 Å². The monoisotopic (exact) mass is 448 g/mol. The van der Waals surface area contributed by atoms with Gasteiger partial charge >= 0.3 is 18.0 Å². The van der Waals surface area contributed by atoms with Gasteiger partial charge in [0.1, 0.15) is 11.3 Å². The van der Waals surface area contributed by atoms with Crippen molar-refractivity contribution in [3.63, 3.8) is 0 Å². The molecular weight excluding hydrogens is 429 g/mol. The van der Waals surface area contributed by atoms with Crippen LogP contribution in [-0.2, 0) is 34.2 Å². The number of halogens is 3. The van der Waals surface area contributed by atoms with Gasteiger partial charge in [0.15, 0.2) is 0 Å². The van der Waals surface area contributed by atoms with Crippen LogP contribution in [0.15, 0.2) is 30.6 Å². The molecule has 0 fully saturated rings. The Morgan fingerprint density at radius 1 is 1.31 bits per heavy atom. The molecule has 0 spiro atoms. The smallest absolute Gasteiger partial charge is 0.382 e. The zero-order valence-corrected chi connectivity index (χ0v) is 17.1. The van der Waals surface area contributed by atoms with Crippen molar-refractivity contribution in [2.75, 3.05) is 24.7 Å². The average molecular weight is 448 g/mol. The maximum atomic E-state index is 13.0. The highest BCUT2D eigenvalue weighted by molar-refractivity contribution is 6.40. The van der Waals surface area contributed by atoms with Crippen molar-refractivity contribution in [3.05, 3.63) is 47.3 Å². The van der Waals surface area contributed by atoms with Crippen LogP contribution in [0.4, 0.5) is 24.7 Å². The quantitative estimate of drug-likeness (QED) is 0.581. The van der Waals surface area contributed by atoms with Gasteiger partial charge in [-0.25, -0.2) is 4.98 Å². The summed E-state index contributed by atoms with van der Waals surface area (Å²) in [6, 6.07) is 2.55. The molecular formula is C20H19F3N6O3. The first kappa shape index (κ1) is 21.6. The molecule has 0 saturated carbocycles. The minimum Gasteiger partial charge on any atom is -0.382 e. The summed E-state index contributed by atoms with van der Waals surface area (Å²) in [6.07, 6.45) is -1.68. The normalized spacial score (nSPS) is 16.0. The molecule has 12 heteroatoms. The van der Waals surface area contributed by atoms with Crippen LogP contribution in [-0.4, -0.2) is 45.1 Å². The molecule has 3 heterocycles. The molecule has 0 aliphatic carbocycles. The Morgan fingerprint density at radius 3 is 2.78 bits per heavy atom. The van der Waals surface area contributed by atoms with Gasteiger partial charge in [-0.3, -0.25) is 14.3 Å². The van der Waals surface area contributed by atoms with E-state index in [-0.39, 0.29) is 24.7 Å². The lowest BCUT2D eigenvalue weighted by molar-refractivity contribution is -0.145. The number of aryl methyl sites for hydroxylation is 1. The first-order valence-corrected chi connectivity index (χ1v) is 9.50. The van der Waals surface area contributed by atoms with Crippen LogP contribution in [0, 0.1) is 0 Å². The van der Waals surface area contributed by atoms with E-state index in [1.807, 2.05) is 0 Å². The van der Waals surface area contributed by atoms with Crippen LogP contribution in [0.1, 0.15) is 22.7 Å². The van der Waals surface area contributed by atoms with Crippen molar-refractivity contribution in [1.29, 1.82) is 0 Å². The summed E-state index contributed by atoms with van der Waals surface area (Å²) in [7, 11) is 3.05. The van der Waals surface area contributed by atoms with E-state index in [0.717, 1.165) is 17.0 Å². The topological polar surface area (TPSA) is 115 Å². The molecule has 3 N–H and O–H groups in total. The van der Waals surface area contributed by atoms with Crippen molar-refractivity contribution in [1.82, 2.24) is 19.7 Å². The molecule has 0 radical (unpaired) electrons. The number of anilines is 2. The summed E-state index contributed by atoms with van der Waals surface area (Å²) in [5.41, 5.74) is 6.61. The number of ether oxygens (including phenoxy) is 1. The second kappa shape index (κ2) is 7.79. The maximum Gasteiger partial charge on any atom is 0.416 e. The molecule has 1 aliphatic rings. The Labute approximate surface area is 179 Å².